The molecule has 4 rings (SSSR count). The van der Waals surface area contributed by atoms with Crippen molar-refractivity contribution < 1.29 is 0 Å². The number of aromatic nitrogens is 4. The number of hydrogen-bond donors (Lipinski definition) is 0. The molecule has 1 aliphatic heterocycles. The third-order valence-corrected chi connectivity index (χ3v) is 5.15. The molecule has 1 unspecified atom stereocenters. The molecule has 0 N–H and O–H groups in total. The molecule has 0 spiro atoms. The maximum Gasteiger partial charge on any atom is 0.159 e. The van der Waals surface area contributed by atoms with Gasteiger partial charge in [0.2, 0.25) is 0 Å². The standard InChI is InChI=1S/C21H26N6/c1-15-6-5-7-19(10-15)26-9-8-25(13-18(26)4)20-12-21(23-14-22-20)27-17(3)11-16(2)24-27/h5-7,10-12,14,18H,8-9,13H2,1-4H3. The SMILES string of the molecule is Cc1cccc(N2CCN(c3cc(-n4nc(C)cc4C)ncn3)CC2C)c1. The van der Waals surface area contributed by atoms with E-state index >= 15 is 0 Å². The van der Waals surface area contributed by atoms with Crippen LogP contribution in [0.2, 0.25) is 0 Å². The predicted molar refractivity (Wildman–Crippen MR) is 109 cm³/mol. The lowest BCUT2D eigenvalue weighted by atomic mass is 10.1. The van der Waals surface area contributed by atoms with Crippen molar-refractivity contribution in [3.8, 4) is 5.82 Å². The lowest BCUT2D eigenvalue weighted by molar-refractivity contribution is 0.546. The summed E-state index contributed by atoms with van der Waals surface area (Å²) in [5.41, 5.74) is 4.67. The van der Waals surface area contributed by atoms with Crippen LogP contribution in [0.25, 0.3) is 5.82 Å². The number of hydrogen-bond acceptors (Lipinski definition) is 5. The highest BCUT2D eigenvalue weighted by Crippen LogP contribution is 2.24. The number of aryl methyl sites for hydroxylation is 3. The Morgan fingerprint density at radius 1 is 0.963 bits per heavy atom. The molecule has 1 saturated heterocycles. The average Bonchev–Trinajstić information content (AvgIpc) is 3.00. The molecule has 2 aromatic heterocycles. The van der Waals surface area contributed by atoms with Crippen LogP contribution in [-0.4, -0.2) is 45.4 Å². The summed E-state index contributed by atoms with van der Waals surface area (Å²) in [4.78, 5) is 13.8. The van der Waals surface area contributed by atoms with Crippen LogP contribution in [0.4, 0.5) is 11.5 Å². The lowest BCUT2D eigenvalue weighted by Gasteiger charge is -2.42. The van der Waals surface area contributed by atoms with Gasteiger partial charge in [0.1, 0.15) is 12.1 Å². The molecule has 0 bridgehead atoms. The van der Waals surface area contributed by atoms with Crippen molar-refractivity contribution in [1.82, 2.24) is 19.7 Å². The molecule has 1 atom stereocenters. The maximum absolute atomic E-state index is 4.54. The zero-order valence-corrected chi connectivity index (χ0v) is 16.4. The van der Waals surface area contributed by atoms with Crippen molar-refractivity contribution in [1.29, 1.82) is 0 Å². The largest absolute Gasteiger partial charge is 0.365 e. The Bertz CT molecular complexity index is 947. The van der Waals surface area contributed by atoms with Crippen LogP contribution in [0.3, 0.4) is 0 Å². The smallest absolute Gasteiger partial charge is 0.159 e. The second-order valence-corrected chi connectivity index (χ2v) is 7.40. The topological polar surface area (TPSA) is 50.1 Å². The fourth-order valence-electron chi connectivity index (χ4n) is 3.84. The van der Waals surface area contributed by atoms with Gasteiger partial charge in [-0.25, -0.2) is 14.6 Å². The fraction of sp³-hybridized carbons (Fsp3) is 0.381. The van der Waals surface area contributed by atoms with Crippen molar-refractivity contribution in [2.45, 2.75) is 33.7 Å². The summed E-state index contributed by atoms with van der Waals surface area (Å²) in [7, 11) is 0. The third-order valence-electron chi connectivity index (χ3n) is 5.15. The van der Waals surface area contributed by atoms with Crippen molar-refractivity contribution >= 4 is 11.5 Å². The normalized spacial score (nSPS) is 17.4. The summed E-state index contributed by atoms with van der Waals surface area (Å²) >= 11 is 0. The fourth-order valence-corrected chi connectivity index (χ4v) is 3.84. The highest BCUT2D eigenvalue weighted by atomic mass is 15.3. The first kappa shape index (κ1) is 17.5. The molecule has 3 heterocycles. The monoisotopic (exact) mass is 362 g/mol. The van der Waals surface area contributed by atoms with Gasteiger partial charge in [-0.2, -0.15) is 5.10 Å². The molecule has 0 amide bonds. The molecule has 6 nitrogen and oxygen atoms in total. The van der Waals surface area contributed by atoms with Gasteiger partial charge in [0.15, 0.2) is 5.82 Å². The highest BCUT2D eigenvalue weighted by molar-refractivity contribution is 5.52. The molecule has 1 aliphatic rings. The van der Waals surface area contributed by atoms with Gasteiger partial charge in [-0.1, -0.05) is 12.1 Å². The van der Waals surface area contributed by atoms with Crippen LogP contribution in [0.15, 0.2) is 42.7 Å². The predicted octanol–water partition coefficient (Wildman–Crippen LogP) is 3.30. The molecule has 1 aromatic carbocycles. The number of benzene rings is 1. The Kier molecular flexibility index (Phi) is 4.56. The van der Waals surface area contributed by atoms with E-state index in [2.05, 4.69) is 69.0 Å². The number of piperazine rings is 1. The highest BCUT2D eigenvalue weighted by Gasteiger charge is 2.25. The van der Waals surface area contributed by atoms with Gasteiger partial charge in [0.05, 0.1) is 5.69 Å². The molecular formula is C21H26N6. The van der Waals surface area contributed by atoms with E-state index in [-0.39, 0.29) is 0 Å². The molecular weight excluding hydrogens is 336 g/mol. The molecule has 140 valence electrons. The molecule has 0 aliphatic carbocycles. The summed E-state index contributed by atoms with van der Waals surface area (Å²) < 4.78 is 1.88. The van der Waals surface area contributed by atoms with E-state index < -0.39 is 0 Å². The van der Waals surface area contributed by atoms with Crippen molar-refractivity contribution in [2.24, 2.45) is 0 Å². The van der Waals surface area contributed by atoms with Crippen LogP contribution >= 0.6 is 0 Å². The Hall–Kier alpha value is -2.89. The Morgan fingerprint density at radius 2 is 1.78 bits per heavy atom. The zero-order valence-electron chi connectivity index (χ0n) is 16.4. The Labute approximate surface area is 160 Å². The first-order chi connectivity index (χ1) is 13.0. The number of nitrogens with zero attached hydrogens (tertiary/aromatic N) is 6. The third kappa shape index (κ3) is 3.52. The minimum absolute atomic E-state index is 0.410. The van der Waals surface area contributed by atoms with Crippen LogP contribution < -0.4 is 9.80 Å². The van der Waals surface area contributed by atoms with Crippen LogP contribution in [0, 0.1) is 20.8 Å². The van der Waals surface area contributed by atoms with Crippen LogP contribution in [0.1, 0.15) is 23.9 Å². The van der Waals surface area contributed by atoms with Gasteiger partial charge in [0, 0.05) is 43.1 Å². The second-order valence-electron chi connectivity index (χ2n) is 7.40. The number of rotatable bonds is 3. The van der Waals surface area contributed by atoms with Crippen molar-refractivity contribution in [2.75, 3.05) is 29.4 Å². The van der Waals surface area contributed by atoms with E-state index in [0.717, 1.165) is 42.7 Å². The van der Waals surface area contributed by atoms with Gasteiger partial charge in [-0.15, -0.1) is 0 Å². The summed E-state index contributed by atoms with van der Waals surface area (Å²) in [5.74, 6) is 1.78. The molecule has 0 saturated carbocycles. The molecule has 27 heavy (non-hydrogen) atoms. The summed E-state index contributed by atoms with van der Waals surface area (Å²) in [6.45, 7) is 11.3. The van der Waals surface area contributed by atoms with E-state index in [1.807, 2.05) is 24.6 Å². The van der Waals surface area contributed by atoms with Crippen LogP contribution in [-0.2, 0) is 0 Å². The minimum atomic E-state index is 0.410. The van der Waals surface area contributed by atoms with Crippen molar-refractivity contribution in [3.63, 3.8) is 0 Å². The first-order valence-corrected chi connectivity index (χ1v) is 9.45. The van der Waals surface area contributed by atoms with Gasteiger partial charge >= 0.3 is 0 Å². The second kappa shape index (κ2) is 7.02. The van der Waals surface area contributed by atoms with E-state index in [1.54, 1.807) is 6.33 Å². The van der Waals surface area contributed by atoms with E-state index in [4.69, 9.17) is 0 Å². The van der Waals surface area contributed by atoms with Crippen molar-refractivity contribution in [3.05, 3.63) is 59.7 Å². The maximum atomic E-state index is 4.54. The Morgan fingerprint density at radius 3 is 2.48 bits per heavy atom. The van der Waals surface area contributed by atoms with Gasteiger partial charge < -0.3 is 9.80 Å². The van der Waals surface area contributed by atoms with Gasteiger partial charge in [-0.05, 0) is 51.5 Å². The lowest BCUT2D eigenvalue weighted by Crippen LogP contribution is -2.52. The Balaban J connectivity index is 1.54. The average molecular weight is 362 g/mol. The van der Waals surface area contributed by atoms with E-state index in [0.29, 0.717) is 6.04 Å². The molecule has 0 radical (unpaired) electrons. The summed E-state index contributed by atoms with van der Waals surface area (Å²) in [5, 5.41) is 4.54. The molecule has 1 fully saturated rings. The number of anilines is 2. The summed E-state index contributed by atoms with van der Waals surface area (Å²) in [6.07, 6.45) is 1.64. The van der Waals surface area contributed by atoms with Gasteiger partial charge in [-0.3, -0.25) is 0 Å². The molecule has 6 heteroatoms. The van der Waals surface area contributed by atoms with E-state index in [9.17, 15) is 0 Å². The van der Waals surface area contributed by atoms with Crippen LogP contribution in [0.5, 0.6) is 0 Å². The first-order valence-electron chi connectivity index (χ1n) is 9.45. The van der Waals surface area contributed by atoms with Gasteiger partial charge in [0.25, 0.3) is 0 Å². The molecule has 3 aromatic rings. The zero-order chi connectivity index (χ0) is 19.0. The minimum Gasteiger partial charge on any atom is -0.365 e. The quantitative estimate of drug-likeness (QED) is 0.715. The van der Waals surface area contributed by atoms with E-state index in [1.165, 1.54) is 11.3 Å². The summed E-state index contributed by atoms with van der Waals surface area (Å²) in [6, 6.07) is 13.2.